The monoisotopic (exact) mass is 313 g/mol. The average Bonchev–Trinajstić information content (AvgIpc) is 2.24. The average molecular weight is 315 g/mol. The molecule has 0 fully saturated rings. The second-order valence-electron chi connectivity index (χ2n) is 2.80. The number of hydrogen-bond donors (Lipinski definition) is 2. The third-order valence-corrected chi connectivity index (χ3v) is 2.50. The molecule has 0 aromatic heterocycles. The summed E-state index contributed by atoms with van der Waals surface area (Å²) in [5, 5.41) is 9.40. The molecular formula is C9H10BrClFNO3. The minimum Gasteiger partial charge on any atom is -0.505 e. The summed E-state index contributed by atoms with van der Waals surface area (Å²) in [7, 11) is 1.16. The fourth-order valence-electron chi connectivity index (χ4n) is 1.06. The van der Waals surface area contributed by atoms with Crippen LogP contribution >= 0.6 is 28.3 Å². The minimum atomic E-state index is -1.20. The van der Waals surface area contributed by atoms with Gasteiger partial charge >= 0.3 is 5.97 Å². The lowest BCUT2D eigenvalue weighted by Gasteiger charge is -2.12. The van der Waals surface area contributed by atoms with Crippen molar-refractivity contribution in [2.24, 2.45) is 5.73 Å². The molecule has 1 rings (SSSR count). The highest BCUT2D eigenvalue weighted by Crippen LogP contribution is 2.31. The van der Waals surface area contributed by atoms with E-state index in [0.29, 0.717) is 0 Å². The lowest BCUT2D eigenvalue weighted by Crippen LogP contribution is -2.22. The highest BCUT2D eigenvalue weighted by molar-refractivity contribution is 9.10. The molecule has 1 atom stereocenters. The van der Waals surface area contributed by atoms with Crippen molar-refractivity contribution in [3.63, 3.8) is 0 Å². The van der Waals surface area contributed by atoms with Crippen LogP contribution in [0.1, 0.15) is 11.6 Å². The molecule has 4 nitrogen and oxygen atoms in total. The molecule has 0 aliphatic carbocycles. The summed E-state index contributed by atoms with van der Waals surface area (Å²) in [6.45, 7) is 0. The minimum absolute atomic E-state index is 0. The van der Waals surface area contributed by atoms with E-state index in [2.05, 4.69) is 20.7 Å². The molecule has 0 amide bonds. The first-order valence-electron chi connectivity index (χ1n) is 3.99. The van der Waals surface area contributed by atoms with E-state index < -0.39 is 23.6 Å². The molecule has 0 radical (unpaired) electrons. The van der Waals surface area contributed by atoms with Gasteiger partial charge in [-0.3, -0.25) is 4.79 Å². The van der Waals surface area contributed by atoms with Crippen LogP contribution < -0.4 is 5.73 Å². The van der Waals surface area contributed by atoms with Gasteiger partial charge in [-0.25, -0.2) is 4.39 Å². The molecule has 0 unspecified atom stereocenters. The smallest absolute Gasteiger partial charge is 0.327 e. The predicted octanol–water partition coefficient (Wildman–Crippen LogP) is 1.89. The number of carbonyl (C=O) groups is 1. The van der Waals surface area contributed by atoms with Crippen molar-refractivity contribution in [1.29, 1.82) is 0 Å². The molecule has 0 bridgehead atoms. The van der Waals surface area contributed by atoms with Crippen LogP contribution in [-0.4, -0.2) is 18.2 Å². The number of hydrogen-bond acceptors (Lipinski definition) is 4. The van der Waals surface area contributed by atoms with Crippen molar-refractivity contribution in [3.8, 4) is 5.75 Å². The molecule has 0 saturated carbocycles. The summed E-state index contributed by atoms with van der Waals surface area (Å²) >= 11 is 2.89. The van der Waals surface area contributed by atoms with Crippen LogP contribution in [0.5, 0.6) is 5.75 Å². The Balaban J connectivity index is 0.00000225. The highest BCUT2D eigenvalue weighted by Gasteiger charge is 2.22. The number of phenols is 1. The number of esters is 1. The molecule has 16 heavy (non-hydrogen) atoms. The number of halogens is 3. The molecule has 3 N–H and O–H groups in total. The molecule has 0 spiro atoms. The number of nitrogens with two attached hydrogens (primary N) is 1. The Bertz CT molecular complexity index is 403. The van der Waals surface area contributed by atoms with E-state index in [-0.39, 0.29) is 22.4 Å². The topological polar surface area (TPSA) is 72.5 Å². The molecule has 1 aromatic rings. The quantitative estimate of drug-likeness (QED) is 0.818. The van der Waals surface area contributed by atoms with Crippen LogP contribution in [0.15, 0.2) is 16.6 Å². The van der Waals surface area contributed by atoms with Gasteiger partial charge in [0.25, 0.3) is 0 Å². The highest BCUT2D eigenvalue weighted by atomic mass is 79.9. The Morgan fingerprint density at radius 2 is 2.19 bits per heavy atom. The number of benzene rings is 1. The molecule has 0 heterocycles. The number of phenolic OH excluding ortho intramolecular Hbond substituents is 1. The molecule has 7 heteroatoms. The Kier molecular flexibility index (Phi) is 5.71. The molecule has 1 aromatic carbocycles. The van der Waals surface area contributed by atoms with Gasteiger partial charge in [-0.1, -0.05) is 6.07 Å². The second kappa shape index (κ2) is 6.03. The molecular weight excluding hydrogens is 304 g/mol. The SMILES string of the molecule is COC(=O)[C@H](N)c1ccc(Br)c(F)c1O.Cl. The zero-order chi connectivity index (χ0) is 11.6. The maximum absolute atomic E-state index is 13.2. The van der Waals surface area contributed by atoms with Gasteiger partial charge in [-0.2, -0.15) is 0 Å². The summed E-state index contributed by atoms with van der Waals surface area (Å²) in [5.74, 6) is -2.25. The normalized spacial score (nSPS) is 11.5. The Morgan fingerprint density at radius 1 is 1.62 bits per heavy atom. The third kappa shape index (κ3) is 2.84. The van der Waals surface area contributed by atoms with Gasteiger partial charge in [0, 0.05) is 5.56 Å². The third-order valence-electron chi connectivity index (χ3n) is 1.89. The van der Waals surface area contributed by atoms with Gasteiger partial charge in [0.2, 0.25) is 0 Å². The maximum atomic E-state index is 13.2. The number of aromatic hydroxyl groups is 1. The van der Waals surface area contributed by atoms with Crippen LogP contribution in [0.3, 0.4) is 0 Å². The van der Waals surface area contributed by atoms with Crippen LogP contribution in [0.4, 0.5) is 4.39 Å². The van der Waals surface area contributed by atoms with Crippen molar-refractivity contribution in [2.45, 2.75) is 6.04 Å². The van der Waals surface area contributed by atoms with Crippen LogP contribution in [-0.2, 0) is 9.53 Å². The first kappa shape index (κ1) is 15.2. The standard InChI is InChI=1S/C9H9BrFNO3.ClH/c1-15-9(14)7(12)4-2-3-5(10)6(11)8(4)13;/h2-3,7,13H,12H2,1H3;1H/t7-;/m1./s1. The van der Waals surface area contributed by atoms with E-state index in [1.807, 2.05) is 0 Å². The molecule has 0 aliphatic heterocycles. The lowest BCUT2D eigenvalue weighted by molar-refractivity contribution is -0.142. The summed E-state index contributed by atoms with van der Waals surface area (Å²) in [6.07, 6.45) is 0. The van der Waals surface area contributed by atoms with E-state index in [0.717, 1.165) is 7.11 Å². The largest absolute Gasteiger partial charge is 0.505 e. The lowest BCUT2D eigenvalue weighted by atomic mass is 10.1. The van der Waals surface area contributed by atoms with Crippen molar-refractivity contribution in [2.75, 3.05) is 7.11 Å². The Labute approximate surface area is 106 Å². The second-order valence-corrected chi connectivity index (χ2v) is 3.65. The summed E-state index contributed by atoms with van der Waals surface area (Å²) in [6, 6.07) is 1.51. The van der Waals surface area contributed by atoms with E-state index in [9.17, 15) is 14.3 Å². The van der Waals surface area contributed by atoms with Gasteiger partial charge in [-0.05, 0) is 22.0 Å². The van der Waals surface area contributed by atoms with E-state index in [1.54, 1.807) is 0 Å². The van der Waals surface area contributed by atoms with E-state index in [4.69, 9.17) is 5.73 Å². The fraction of sp³-hybridized carbons (Fsp3) is 0.222. The molecule has 90 valence electrons. The number of ether oxygens (including phenoxy) is 1. The molecule has 0 aliphatic rings. The Hall–Kier alpha value is -0.850. The van der Waals surface area contributed by atoms with Gasteiger partial charge < -0.3 is 15.6 Å². The van der Waals surface area contributed by atoms with Crippen LogP contribution in [0.25, 0.3) is 0 Å². The first-order valence-corrected chi connectivity index (χ1v) is 4.78. The van der Waals surface area contributed by atoms with Crippen LogP contribution in [0, 0.1) is 5.82 Å². The van der Waals surface area contributed by atoms with Gasteiger partial charge in [-0.15, -0.1) is 12.4 Å². The fourth-order valence-corrected chi connectivity index (χ4v) is 1.38. The first-order chi connectivity index (χ1) is 6.99. The zero-order valence-electron chi connectivity index (χ0n) is 8.24. The van der Waals surface area contributed by atoms with Crippen molar-refractivity contribution in [1.82, 2.24) is 0 Å². The summed E-state index contributed by atoms with van der Waals surface area (Å²) in [4.78, 5) is 11.1. The van der Waals surface area contributed by atoms with Gasteiger partial charge in [0.15, 0.2) is 11.6 Å². The van der Waals surface area contributed by atoms with Gasteiger partial charge in [0.1, 0.15) is 6.04 Å². The summed E-state index contributed by atoms with van der Waals surface area (Å²) < 4.78 is 17.7. The number of methoxy groups -OCH3 is 1. The predicted molar refractivity (Wildman–Crippen MR) is 62.0 cm³/mol. The van der Waals surface area contributed by atoms with E-state index in [1.165, 1.54) is 12.1 Å². The van der Waals surface area contributed by atoms with Crippen molar-refractivity contribution in [3.05, 3.63) is 28.0 Å². The zero-order valence-corrected chi connectivity index (χ0v) is 10.6. The van der Waals surface area contributed by atoms with Crippen molar-refractivity contribution >= 4 is 34.3 Å². The van der Waals surface area contributed by atoms with Crippen LogP contribution in [0.2, 0.25) is 0 Å². The number of rotatable bonds is 2. The summed E-state index contributed by atoms with van der Waals surface area (Å²) in [5.41, 5.74) is 5.44. The van der Waals surface area contributed by atoms with Crippen molar-refractivity contribution < 1.29 is 19.0 Å². The number of carbonyl (C=O) groups excluding carboxylic acids is 1. The Morgan fingerprint density at radius 3 is 2.69 bits per heavy atom. The van der Waals surface area contributed by atoms with E-state index >= 15 is 0 Å². The maximum Gasteiger partial charge on any atom is 0.327 e. The molecule has 0 saturated heterocycles. The van der Waals surface area contributed by atoms with Gasteiger partial charge in [0.05, 0.1) is 11.6 Å².